The van der Waals surface area contributed by atoms with Gasteiger partial charge in [-0.2, -0.15) is 4.57 Å². The first kappa shape index (κ1) is 20.1. The van der Waals surface area contributed by atoms with Gasteiger partial charge in [-0.3, -0.25) is 4.79 Å². The smallest absolute Gasteiger partial charge is 0.339 e. The highest BCUT2D eigenvalue weighted by Crippen LogP contribution is 2.19. The molecule has 0 bridgehead atoms. The maximum absolute atomic E-state index is 12.4. The molecule has 27 heavy (non-hydrogen) atoms. The van der Waals surface area contributed by atoms with Crippen LogP contribution in [0.3, 0.4) is 0 Å². The van der Waals surface area contributed by atoms with Gasteiger partial charge in [0.2, 0.25) is 6.54 Å². The number of rotatable bonds is 7. The van der Waals surface area contributed by atoms with E-state index in [9.17, 15) is 14.4 Å². The Kier molecular flexibility index (Phi) is 7.05. The van der Waals surface area contributed by atoms with Crippen LogP contribution in [0.4, 0.5) is 5.69 Å². The molecule has 0 fully saturated rings. The summed E-state index contributed by atoms with van der Waals surface area (Å²) < 4.78 is 11.1. The standard InChI is InChI=1S/C20H22N2O5/c1-4-5-14-8-10-22(11-9-14)13-18(23)21-17-12-15(19(24)26-2)6-7-16(17)20(25)27-3/h6-12H,4-5,13H2,1-3H3/p+1. The van der Waals surface area contributed by atoms with Gasteiger partial charge in [-0.05, 0) is 30.2 Å². The number of ether oxygens (including phenoxy) is 2. The fourth-order valence-electron chi connectivity index (χ4n) is 2.58. The molecule has 1 amide bonds. The van der Waals surface area contributed by atoms with Crippen LogP contribution in [-0.2, 0) is 27.2 Å². The van der Waals surface area contributed by atoms with Gasteiger partial charge in [-0.1, -0.05) is 13.3 Å². The average molecular weight is 371 g/mol. The SMILES string of the molecule is CCCc1cc[n+](CC(=O)Nc2cc(C(=O)OC)ccc2C(=O)OC)cc1. The van der Waals surface area contributed by atoms with Gasteiger partial charge >= 0.3 is 11.9 Å². The van der Waals surface area contributed by atoms with Crippen molar-refractivity contribution in [3.05, 3.63) is 59.4 Å². The second-order valence-corrected chi connectivity index (χ2v) is 5.92. The third-order valence-corrected chi connectivity index (χ3v) is 3.95. The summed E-state index contributed by atoms with van der Waals surface area (Å²) in [5.74, 6) is -1.52. The van der Waals surface area contributed by atoms with Crippen molar-refractivity contribution in [1.29, 1.82) is 0 Å². The number of methoxy groups -OCH3 is 2. The van der Waals surface area contributed by atoms with E-state index in [1.165, 1.54) is 38.0 Å². The van der Waals surface area contributed by atoms with Crippen LogP contribution < -0.4 is 9.88 Å². The van der Waals surface area contributed by atoms with E-state index in [4.69, 9.17) is 4.74 Å². The highest BCUT2D eigenvalue weighted by molar-refractivity contribution is 6.03. The van der Waals surface area contributed by atoms with E-state index in [-0.39, 0.29) is 29.3 Å². The number of hydrogen-bond acceptors (Lipinski definition) is 5. The quantitative estimate of drug-likeness (QED) is 0.595. The number of benzene rings is 1. The summed E-state index contributed by atoms with van der Waals surface area (Å²) in [5.41, 5.74) is 1.77. The van der Waals surface area contributed by atoms with Crippen LogP contribution in [0, 0.1) is 0 Å². The van der Waals surface area contributed by atoms with E-state index in [0.29, 0.717) is 0 Å². The number of anilines is 1. The molecule has 0 aliphatic heterocycles. The van der Waals surface area contributed by atoms with Crippen LogP contribution in [0.15, 0.2) is 42.7 Å². The van der Waals surface area contributed by atoms with Gasteiger partial charge in [0.05, 0.1) is 31.0 Å². The number of amides is 1. The van der Waals surface area contributed by atoms with Gasteiger partial charge in [0.15, 0.2) is 12.4 Å². The Hall–Kier alpha value is -3.22. The molecule has 2 aromatic rings. The van der Waals surface area contributed by atoms with Crippen LogP contribution in [-0.4, -0.2) is 32.1 Å². The van der Waals surface area contributed by atoms with Gasteiger partial charge < -0.3 is 14.8 Å². The Morgan fingerprint density at radius 1 is 1.00 bits per heavy atom. The summed E-state index contributed by atoms with van der Waals surface area (Å²) in [7, 11) is 2.50. The number of pyridine rings is 1. The number of nitrogens with one attached hydrogen (secondary N) is 1. The monoisotopic (exact) mass is 371 g/mol. The molecular formula is C20H23N2O5+. The summed E-state index contributed by atoms with van der Waals surface area (Å²) in [4.78, 5) is 36.1. The molecule has 7 nitrogen and oxygen atoms in total. The highest BCUT2D eigenvalue weighted by Gasteiger charge is 2.18. The van der Waals surface area contributed by atoms with Crippen molar-refractivity contribution in [2.75, 3.05) is 19.5 Å². The Bertz CT molecular complexity index is 831. The van der Waals surface area contributed by atoms with Gasteiger partial charge in [-0.15, -0.1) is 0 Å². The first-order valence-electron chi connectivity index (χ1n) is 8.57. The van der Waals surface area contributed by atoms with Crippen LogP contribution >= 0.6 is 0 Å². The molecule has 1 aromatic heterocycles. The minimum Gasteiger partial charge on any atom is -0.465 e. The molecule has 0 saturated heterocycles. The van der Waals surface area contributed by atoms with Crippen molar-refractivity contribution in [3.8, 4) is 0 Å². The zero-order valence-electron chi connectivity index (χ0n) is 15.7. The summed E-state index contributed by atoms with van der Waals surface area (Å²) in [6.45, 7) is 2.17. The Morgan fingerprint density at radius 3 is 2.26 bits per heavy atom. The summed E-state index contributed by atoms with van der Waals surface area (Å²) in [6.07, 6.45) is 5.69. The van der Waals surface area contributed by atoms with E-state index in [1.807, 2.05) is 24.5 Å². The normalized spacial score (nSPS) is 10.2. The lowest BCUT2D eigenvalue weighted by Gasteiger charge is -2.10. The average Bonchev–Trinajstić information content (AvgIpc) is 2.68. The Labute approximate surface area is 157 Å². The molecule has 142 valence electrons. The number of aryl methyl sites for hydroxylation is 1. The molecule has 0 unspecified atom stereocenters. The number of carbonyl (C=O) groups is 3. The molecule has 2 rings (SSSR count). The van der Waals surface area contributed by atoms with E-state index >= 15 is 0 Å². The summed E-state index contributed by atoms with van der Waals surface area (Å²) in [5, 5.41) is 2.66. The zero-order valence-corrected chi connectivity index (χ0v) is 15.7. The third-order valence-electron chi connectivity index (χ3n) is 3.95. The molecule has 0 aliphatic rings. The van der Waals surface area contributed by atoms with Crippen molar-refractivity contribution in [3.63, 3.8) is 0 Å². The van der Waals surface area contributed by atoms with Crippen molar-refractivity contribution >= 4 is 23.5 Å². The molecule has 0 atom stereocenters. The molecule has 0 radical (unpaired) electrons. The number of nitrogens with zero attached hydrogens (tertiary/aromatic N) is 1. The van der Waals surface area contributed by atoms with Gasteiger partial charge in [0, 0.05) is 12.1 Å². The molecular weight excluding hydrogens is 348 g/mol. The third kappa shape index (κ3) is 5.37. The number of hydrogen-bond donors (Lipinski definition) is 1. The van der Waals surface area contributed by atoms with E-state index < -0.39 is 11.9 Å². The van der Waals surface area contributed by atoms with Crippen molar-refractivity contribution in [2.24, 2.45) is 0 Å². The van der Waals surface area contributed by atoms with Crippen LogP contribution in [0.2, 0.25) is 0 Å². The lowest BCUT2D eigenvalue weighted by Crippen LogP contribution is -2.39. The summed E-state index contributed by atoms with van der Waals surface area (Å²) in [6, 6.07) is 8.18. The molecule has 0 saturated carbocycles. The topological polar surface area (TPSA) is 85.6 Å². The van der Waals surface area contributed by atoms with Gasteiger partial charge in [-0.25, -0.2) is 9.59 Å². The summed E-state index contributed by atoms with van der Waals surface area (Å²) >= 11 is 0. The first-order chi connectivity index (χ1) is 13.0. The molecule has 1 heterocycles. The van der Waals surface area contributed by atoms with Crippen molar-refractivity contribution < 1.29 is 28.4 Å². The maximum Gasteiger partial charge on any atom is 0.339 e. The van der Waals surface area contributed by atoms with E-state index in [1.54, 1.807) is 4.57 Å². The predicted molar refractivity (Wildman–Crippen MR) is 98.4 cm³/mol. The van der Waals surface area contributed by atoms with Crippen LogP contribution in [0.25, 0.3) is 0 Å². The van der Waals surface area contributed by atoms with Crippen LogP contribution in [0.1, 0.15) is 39.6 Å². The number of aromatic nitrogens is 1. The molecule has 1 N–H and O–H groups in total. The lowest BCUT2D eigenvalue weighted by atomic mass is 10.1. The van der Waals surface area contributed by atoms with Gasteiger partial charge in [0.1, 0.15) is 0 Å². The second-order valence-electron chi connectivity index (χ2n) is 5.92. The highest BCUT2D eigenvalue weighted by atomic mass is 16.5. The van der Waals surface area contributed by atoms with Crippen molar-refractivity contribution in [2.45, 2.75) is 26.3 Å². The maximum atomic E-state index is 12.4. The number of carbonyl (C=O) groups excluding carboxylic acids is 3. The Balaban J connectivity index is 2.19. The minimum atomic E-state index is -0.613. The van der Waals surface area contributed by atoms with Gasteiger partial charge in [0.25, 0.3) is 5.91 Å². The Morgan fingerprint density at radius 2 is 1.67 bits per heavy atom. The fraction of sp³-hybridized carbons (Fsp3) is 0.300. The van der Waals surface area contributed by atoms with Crippen LogP contribution in [0.5, 0.6) is 0 Å². The largest absolute Gasteiger partial charge is 0.465 e. The second kappa shape index (κ2) is 9.47. The lowest BCUT2D eigenvalue weighted by molar-refractivity contribution is -0.684. The van der Waals surface area contributed by atoms with E-state index in [0.717, 1.165) is 12.8 Å². The predicted octanol–water partition coefficient (Wildman–Crippen LogP) is 2.14. The first-order valence-corrected chi connectivity index (χ1v) is 8.57. The minimum absolute atomic E-state index is 0.0649. The number of esters is 2. The fourth-order valence-corrected chi connectivity index (χ4v) is 2.58. The zero-order chi connectivity index (χ0) is 19.8. The van der Waals surface area contributed by atoms with Crippen molar-refractivity contribution in [1.82, 2.24) is 0 Å². The molecule has 0 aliphatic carbocycles. The molecule has 1 aromatic carbocycles. The molecule has 7 heteroatoms. The van der Waals surface area contributed by atoms with E-state index in [2.05, 4.69) is 17.0 Å². The molecule has 0 spiro atoms.